The summed E-state index contributed by atoms with van der Waals surface area (Å²) in [7, 11) is 1.60. The molecule has 1 aliphatic rings. The summed E-state index contributed by atoms with van der Waals surface area (Å²) in [6, 6.07) is 17.0. The van der Waals surface area contributed by atoms with E-state index in [1.54, 1.807) is 7.11 Å². The van der Waals surface area contributed by atoms with Gasteiger partial charge in [0.05, 0.1) is 5.57 Å². The van der Waals surface area contributed by atoms with Gasteiger partial charge in [0.15, 0.2) is 0 Å². The molecule has 3 rings (SSSR count). The van der Waals surface area contributed by atoms with E-state index in [0.29, 0.717) is 30.8 Å². The molecule has 0 unspecified atom stereocenters. The van der Waals surface area contributed by atoms with Gasteiger partial charge in [-0.2, -0.15) is 0 Å². The van der Waals surface area contributed by atoms with Gasteiger partial charge in [-0.05, 0) is 31.0 Å². The third-order valence-electron chi connectivity index (χ3n) is 4.28. The number of carbonyl (C=O) groups excluding carboxylic acids is 2. The van der Waals surface area contributed by atoms with E-state index in [0.717, 1.165) is 16.8 Å². The summed E-state index contributed by atoms with van der Waals surface area (Å²) < 4.78 is 5.04. The Morgan fingerprint density at radius 3 is 2.31 bits per heavy atom. The van der Waals surface area contributed by atoms with E-state index in [1.807, 2.05) is 61.5 Å². The summed E-state index contributed by atoms with van der Waals surface area (Å²) in [5, 5.41) is 3.15. The quantitative estimate of drug-likeness (QED) is 0.615. The molecule has 2 aromatic rings. The lowest BCUT2D eigenvalue weighted by Crippen LogP contribution is -2.33. The van der Waals surface area contributed by atoms with Crippen LogP contribution in [0.2, 0.25) is 0 Å². The molecule has 1 heterocycles. The molecule has 0 radical (unpaired) electrons. The first-order valence-electron chi connectivity index (χ1n) is 8.60. The predicted molar refractivity (Wildman–Crippen MR) is 101 cm³/mol. The zero-order valence-electron chi connectivity index (χ0n) is 15.0. The van der Waals surface area contributed by atoms with Crippen molar-refractivity contribution < 1.29 is 14.3 Å². The van der Waals surface area contributed by atoms with Crippen LogP contribution < -0.4 is 5.32 Å². The molecule has 2 aromatic carbocycles. The van der Waals surface area contributed by atoms with Crippen molar-refractivity contribution in [2.24, 2.45) is 0 Å². The normalized spacial score (nSPS) is 14.3. The SMILES string of the molecule is COCCCN1C(=O)C(Nc2ccc(C)cc2)=C(c2ccccc2)C1=O. The number of imide groups is 1. The van der Waals surface area contributed by atoms with E-state index in [9.17, 15) is 9.59 Å². The molecule has 5 nitrogen and oxygen atoms in total. The highest BCUT2D eigenvalue weighted by atomic mass is 16.5. The smallest absolute Gasteiger partial charge is 0.278 e. The molecule has 0 saturated carbocycles. The number of anilines is 1. The Bertz CT molecular complexity index is 826. The largest absolute Gasteiger partial charge is 0.385 e. The van der Waals surface area contributed by atoms with Crippen molar-refractivity contribution in [3.63, 3.8) is 0 Å². The summed E-state index contributed by atoms with van der Waals surface area (Å²) in [5.74, 6) is -0.572. The van der Waals surface area contributed by atoms with Crippen LogP contribution in [-0.4, -0.2) is 37.0 Å². The van der Waals surface area contributed by atoms with E-state index in [4.69, 9.17) is 4.74 Å². The summed E-state index contributed by atoms with van der Waals surface area (Å²) in [5.41, 5.74) is 3.37. The summed E-state index contributed by atoms with van der Waals surface area (Å²) in [6.45, 7) is 2.83. The average molecular weight is 350 g/mol. The van der Waals surface area contributed by atoms with Crippen LogP contribution in [0.25, 0.3) is 5.57 Å². The first kappa shape index (κ1) is 17.9. The lowest BCUT2D eigenvalue weighted by atomic mass is 10.0. The van der Waals surface area contributed by atoms with Crippen molar-refractivity contribution in [2.45, 2.75) is 13.3 Å². The van der Waals surface area contributed by atoms with E-state index < -0.39 is 0 Å². The number of nitrogens with zero attached hydrogens (tertiary/aromatic N) is 1. The van der Waals surface area contributed by atoms with E-state index in [-0.39, 0.29) is 11.8 Å². The van der Waals surface area contributed by atoms with Crippen LogP contribution in [0.5, 0.6) is 0 Å². The molecule has 134 valence electrons. The highest BCUT2D eigenvalue weighted by Crippen LogP contribution is 2.30. The molecule has 1 N–H and O–H groups in total. The van der Waals surface area contributed by atoms with Gasteiger partial charge in [0.25, 0.3) is 11.8 Å². The number of carbonyl (C=O) groups is 2. The number of rotatable bonds is 7. The standard InChI is InChI=1S/C21H22N2O3/c1-15-9-11-17(12-10-15)22-19-18(16-7-4-3-5-8-16)20(24)23(21(19)25)13-6-14-26-2/h3-5,7-12,22H,6,13-14H2,1-2H3. The van der Waals surface area contributed by atoms with Crippen LogP contribution in [0.15, 0.2) is 60.3 Å². The second-order valence-corrected chi connectivity index (χ2v) is 6.22. The molecule has 5 heteroatoms. The number of aryl methyl sites for hydroxylation is 1. The summed E-state index contributed by atoms with van der Waals surface area (Å²) in [6.07, 6.45) is 0.605. The third kappa shape index (κ3) is 3.68. The van der Waals surface area contributed by atoms with Gasteiger partial charge in [0.1, 0.15) is 5.70 Å². The Morgan fingerprint density at radius 2 is 1.65 bits per heavy atom. The molecular formula is C21H22N2O3. The van der Waals surface area contributed by atoms with Gasteiger partial charge in [-0.15, -0.1) is 0 Å². The molecule has 1 aliphatic heterocycles. The topological polar surface area (TPSA) is 58.6 Å². The molecule has 0 aromatic heterocycles. The zero-order chi connectivity index (χ0) is 18.5. The van der Waals surface area contributed by atoms with Crippen LogP contribution in [0.3, 0.4) is 0 Å². The number of hydrogen-bond acceptors (Lipinski definition) is 4. The van der Waals surface area contributed by atoms with Crippen LogP contribution in [-0.2, 0) is 14.3 Å². The molecule has 0 aliphatic carbocycles. The van der Waals surface area contributed by atoms with Crippen LogP contribution in [0.1, 0.15) is 17.5 Å². The molecular weight excluding hydrogens is 328 g/mol. The molecule has 26 heavy (non-hydrogen) atoms. The molecule has 0 atom stereocenters. The van der Waals surface area contributed by atoms with Gasteiger partial charge >= 0.3 is 0 Å². The fraction of sp³-hybridized carbons (Fsp3) is 0.238. The van der Waals surface area contributed by atoms with Gasteiger partial charge in [0, 0.05) is 25.9 Å². The maximum atomic E-state index is 12.9. The van der Waals surface area contributed by atoms with Gasteiger partial charge < -0.3 is 10.1 Å². The maximum absolute atomic E-state index is 12.9. The summed E-state index contributed by atoms with van der Waals surface area (Å²) >= 11 is 0. The number of ether oxygens (including phenoxy) is 1. The van der Waals surface area contributed by atoms with Crippen LogP contribution in [0.4, 0.5) is 5.69 Å². The van der Waals surface area contributed by atoms with Crippen molar-refractivity contribution in [3.8, 4) is 0 Å². The minimum Gasteiger partial charge on any atom is -0.385 e. The maximum Gasteiger partial charge on any atom is 0.278 e. The number of hydrogen-bond donors (Lipinski definition) is 1. The van der Waals surface area contributed by atoms with Crippen molar-refractivity contribution in [3.05, 3.63) is 71.4 Å². The van der Waals surface area contributed by atoms with Crippen molar-refractivity contribution >= 4 is 23.1 Å². The molecule has 0 fully saturated rings. The van der Waals surface area contributed by atoms with E-state index >= 15 is 0 Å². The zero-order valence-corrected chi connectivity index (χ0v) is 15.0. The average Bonchev–Trinajstić information content (AvgIpc) is 2.88. The Kier molecular flexibility index (Phi) is 5.49. The Hall–Kier alpha value is -2.92. The number of nitrogens with one attached hydrogen (secondary N) is 1. The monoisotopic (exact) mass is 350 g/mol. The number of methoxy groups -OCH3 is 1. The highest BCUT2D eigenvalue weighted by Gasteiger charge is 2.38. The first-order chi connectivity index (χ1) is 12.6. The van der Waals surface area contributed by atoms with Crippen LogP contribution >= 0.6 is 0 Å². The first-order valence-corrected chi connectivity index (χ1v) is 8.60. The van der Waals surface area contributed by atoms with E-state index in [2.05, 4.69) is 5.32 Å². The Labute approximate surface area is 153 Å². The van der Waals surface area contributed by atoms with Gasteiger partial charge in [-0.25, -0.2) is 0 Å². The minimum atomic E-state index is -0.300. The molecule has 2 amide bonds. The summed E-state index contributed by atoms with van der Waals surface area (Å²) in [4.78, 5) is 27.1. The van der Waals surface area contributed by atoms with Crippen molar-refractivity contribution in [1.29, 1.82) is 0 Å². The second kappa shape index (κ2) is 7.97. The van der Waals surface area contributed by atoms with Gasteiger partial charge in [-0.1, -0.05) is 48.0 Å². The lowest BCUT2D eigenvalue weighted by Gasteiger charge is -2.15. The molecule has 0 spiro atoms. The fourth-order valence-electron chi connectivity index (χ4n) is 2.92. The lowest BCUT2D eigenvalue weighted by molar-refractivity contribution is -0.136. The fourth-order valence-corrected chi connectivity index (χ4v) is 2.92. The Morgan fingerprint density at radius 1 is 0.962 bits per heavy atom. The molecule has 0 saturated heterocycles. The second-order valence-electron chi connectivity index (χ2n) is 6.22. The van der Waals surface area contributed by atoms with Gasteiger partial charge in [-0.3, -0.25) is 14.5 Å². The van der Waals surface area contributed by atoms with Crippen molar-refractivity contribution in [1.82, 2.24) is 4.90 Å². The minimum absolute atomic E-state index is 0.271. The Balaban J connectivity index is 1.95. The third-order valence-corrected chi connectivity index (χ3v) is 4.28. The number of amides is 2. The predicted octanol–water partition coefficient (Wildman–Crippen LogP) is 3.22. The van der Waals surface area contributed by atoms with Crippen molar-refractivity contribution in [2.75, 3.05) is 25.6 Å². The van der Waals surface area contributed by atoms with Gasteiger partial charge in [0.2, 0.25) is 0 Å². The highest BCUT2D eigenvalue weighted by molar-refractivity contribution is 6.36. The van der Waals surface area contributed by atoms with E-state index in [1.165, 1.54) is 4.90 Å². The molecule has 0 bridgehead atoms. The van der Waals surface area contributed by atoms with Crippen LogP contribution in [0, 0.1) is 6.92 Å². The number of benzene rings is 2.